The molecule has 0 amide bonds. The van der Waals surface area contributed by atoms with Crippen LogP contribution < -0.4 is 5.46 Å². The van der Waals surface area contributed by atoms with Crippen LogP contribution in [0.1, 0.15) is 7.43 Å². The smallest absolute Gasteiger partial charge is 0.423 e. The van der Waals surface area contributed by atoms with Crippen molar-refractivity contribution in [3.05, 3.63) is 223 Å². The Morgan fingerprint density at radius 3 is 1.24 bits per heavy atom. The lowest BCUT2D eigenvalue weighted by atomic mass is 9.80. The van der Waals surface area contributed by atoms with Crippen molar-refractivity contribution in [3.63, 3.8) is 0 Å². The molecule has 0 aliphatic rings. The van der Waals surface area contributed by atoms with E-state index in [1.165, 1.54) is 71.3 Å². The Hall–Kier alpha value is -7.22. The van der Waals surface area contributed by atoms with E-state index in [9.17, 15) is 10.0 Å². The Morgan fingerprint density at radius 1 is 0.349 bits per heavy atom. The second-order valence-electron chi connectivity index (χ2n) is 15.7. The van der Waals surface area contributed by atoms with Crippen LogP contribution in [0.25, 0.3) is 98.8 Å². The fourth-order valence-corrected chi connectivity index (χ4v) is 9.55. The van der Waals surface area contributed by atoms with Crippen LogP contribution in [0, 0.1) is 0 Å². The molecule has 0 aliphatic carbocycles. The fraction of sp³-hybridized carbons (Fsp3) is 0.0175. The summed E-state index contributed by atoms with van der Waals surface area (Å²) in [5, 5.41) is 28.9. The molecule has 0 aliphatic heterocycles. The monoisotopic (exact) mass is 876 g/mol. The van der Waals surface area contributed by atoms with Crippen LogP contribution >= 0.6 is 15.9 Å². The lowest BCUT2D eigenvalue weighted by molar-refractivity contribution is 0.426. The molecule has 0 bridgehead atoms. The van der Waals surface area contributed by atoms with Gasteiger partial charge in [0, 0.05) is 37.4 Å². The van der Waals surface area contributed by atoms with Gasteiger partial charge in [-0.05, 0) is 110 Å². The van der Waals surface area contributed by atoms with E-state index in [0.29, 0.717) is 5.46 Å². The van der Waals surface area contributed by atoms with E-state index in [2.05, 4.69) is 213 Å². The highest BCUT2D eigenvalue weighted by atomic mass is 79.9. The molecular weight excluding hydrogens is 835 g/mol. The topological polar surface area (TPSA) is 50.3 Å². The van der Waals surface area contributed by atoms with Gasteiger partial charge in [0.05, 0.1) is 22.1 Å². The summed E-state index contributed by atoms with van der Waals surface area (Å²) in [6, 6.07) is 76.4. The van der Waals surface area contributed by atoms with Gasteiger partial charge in [0.2, 0.25) is 0 Å². The standard InChI is InChI=1S/C28H20BNO2.C28H18BrN.CH4/c31-29(32)21-14-17-28-26(18-21)25-9-3-4-11-27(25)30(28)22-15-12-20(13-16-22)24-10-5-7-19-6-1-2-8-23(19)24;29-21-14-17-28-26(18-21)25-9-3-4-11-27(25)30(28)22-15-12-20(13-16-22)24-10-5-7-19-6-1-2-8-23(19)24;/h1-18,31-32H;1-18H;1H4. The zero-order valence-corrected chi connectivity index (χ0v) is 35.1. The van der Waals surface area contributed by atoms with Crippen LogP contribution in [-0.2, 0) is 0 Å². The average molecular weight is 878 g/mol. The Morgan fingerprint density at radius 2 is 0.746 bits per heavy atom. The normalized spacial score (nSPS) is 11.3. The highest BCUT2D eigenvalue weighted by Crippen LogP contribution is 2.37. The summed E-state index contributed by atoms with van der Waals surface area (Å²) in [6.45, 7) is 0. The van der Waals surface area contributed by atoms with E-state index in [1.807, 2.05) is 24.3 Å². The predicted octanol–water partition coefficient (Wildman–Crippen LogP) is 14.3. The van der Waals surface area contributed by atoms with Crippen molar-refractivity contribution >= 4 is 93.7 Å². The Kier molecular flexibility index (Phi) is 10.5. The van der Waals surface area contributed by atoms with Crippen molar-refractivity contribution in [2.45, 2.75) is 7.43 Å². The first kappa shape index (κ1) is 39.9. The van der Waals surface area contributed by atoms with Gasteiger partial charge in [0.15, 0.2) is 0 Å². The number of halogens is 1. The summed E-state index contributed by atoms with van der Waals surface area (Å²) in [7, 11) is -1.48. The number of hydrogen-bond donors (Lipinski definition) is 2. The van der Waals surface area contributed by atoms with Gasteiger partial charge < -0.3 is 19.2 Å². The first-order valence-electron chi connectivity index (χ1n) is 20.8. The van der Waals surface area contributed by atoms with Crippen LogP contribution in [0.2, 0.25) is 0 Å². The maximum Gasteiger partial charge on any atom is 0.488 e. The van der Waals surface area contributed by atoms with E-state index in [0.717, 1.165) is 32.0 Å². The van der Waals surface area contributed by atoms with Gasteiger partial charge in [-0.15, -0.1) is 0 Å². The lowest BCUT2D eigenvalue weighted by Gasteiger charge is -2.11. The minimum Gasteiger partial charge on any atom is -0.423 e. The Labute approximate surface area is 374 Å². The van der Waals surface area contributed by atoms with E-state index < -0.39 is 7.12 Å². The predicted molar refractivity (Wildman–Crippen MR) is 272 cm³/mol. The van der Waals surface area contributed by atoms with Crippen molar-refractivity contribution < 1.29 is 10.0 Å². The molecule has 10 aromatic carbocycles. The number of aromatic nitrogens is 2. The summed E-state index contributed by atoms with van der Waals surface area (Å²) < 4.78 is 5.68. The van der Waals surface area contributed by atoms with Gasteiger partial charge in [-0.2, -0.15) is 0 Å². The number of benzene rings is 10. The van der Waals surface area contributed by atoms with Gasteiger partial charge in [-0.3, -0.25) is 0 Å². The molecule has 0 spiro atoms. The van der Waals surface area contributed by atoms with Crippen LogP contribution in [0.3, 0.4) is 0 Å². The molecule has 2 heterocycles. The molecule has 0 radical (unpaired) electrons. The lowest BCUT2D eigenvalue weighted by Crippen LogP contribution is -2.29. The molecule has 2 N–H and O–H groups in total. The van der Waals surface area contributed by atoms with Gasteiger partial charge in [-0.25, -0.2) is 0 Å². The number of fused-ring (bicyclic) bond motifs is 8. The van der Waals surface area contributed by atoms with Gasteiger partial charge >= 0.3 is 7.12 Å². The van der Waals surface area contributed by atoms with Crippen molar-refractivity contribution in [1.82, 2.24) is 9.13 Å². The summed E-state index contributed by atoms with van der Waals surface area (Å²) >= 11 is 3.63. The molecule has 6 heteroatoms. The molecule has 302 valence electrons. The SMILES string of the molecule is Brc1ccc2c(c1)c1ccccc1n2-c1ccc(-c2cccc3ccccc23)cc1.C.OB(O)c1ccc2c(c1)c1ccccc1n2-c1ccc(-c2cccc3ccccc23)cc1. The van der Waals surface area contributed by atoms with Crippen LogP contribution in [0.4, 0.5) is 0 Å². The minimum absolute atomic E-state index is 0. The van der Waals surface area contributed by atoms with Crippen molar-refractivity contribution in [2.24, 2.45) is 0 Å². The van der Waals surface area contributed by atoms with Crippen LogP contribution in [-0.4, -0.2) is 26.3 Å². The highest BCUT2D eigenvalue weighted by Gasteiger charge is 2.17. The Balaban J connectivity index is 0.000000148. The van der Waals surface area contributed by atoms with E-state index in [-0.39, 0.29) is 7.43 Å². The highest BCUT2D eigenvalue weighted by molar-refractivity contribution is 9.10. The molecular formula is C57H42BBrN2O2. The molecule has 0 saturated carbocycles. The second kappa shape index (κ2) is 16.6. The third kappa shape index (κ3) is 7.08. The third-order valence-corrected chi connectivity index (χ3v) is 12.6. The quantitative estimate of drug-likeness (QED) is 0.169. The van der Waals surface area contributed by atoms with Crippen molar-refractivity contribution in [2.75, 3.05) is 0 Å². The Bertz CT molecular complexity index is 3620. The molecule has 0 unspecified atom stereocenters. The molecule has 12 aromatic rings. The summed E-state index contributed by atoms with van der Waals surface area (Å²) in [5.74, 6) is 0. The first-order valence-corrected chi connectivity index (χ1v) is 21.5. The number of nitrogens with zero attached hydrogens (tertiary/aromatic N) is 2. The minimum atomic E-state index is -1.48. The number of hydrogen-bond acceptors (Lipinski definition) is 2. The molecule has 4 nitrogen and oxygen atoms in total. The molecule has 63 heavy (non-hydrogen) atoms. The van der Waals surface area contributed by atoms with Crippen LogP contribution in [0.5, 0.6) is 0 Å². The molecule has 0 fully saturated rings. The van der Waals surface area contributed by atoms with E-state index >= 15 is 0 Å². The maximum atomic E-state index is 9.64. The average Bonchev–Trinajstić information content (AvgIpc) is 3.83. The molecule has 0 atom stereocenters. The maximum absolute atomic E-state index is 9.64. The fourth-order valence-electron chi connectivity index (χ4n) is 9.19. The molecule has 2 aromatic heterocycles. The molecule has 12 rings (SSSR count). The van der Waals surface area contributed by atoms with Crippen molar-refractivity contribution in [3.8, 4) is 33.6 Å². The zero-order valence-electron chi connectivity index (χ0n) is 33.5. The van der Waals surface area contributed by atoms with Crippen molar-refractivity contribution in [1.29, 1.82) is 0 Å². The third-order valence-electron chi connectivity index (χ3n) is 12.1. The van der Waals surface area contributed by atoms with Crippen LogP contribution in [0.15, 0.2) is 223 Å². The largest absolute Gasteiger partial charge is 0.488 e. The second-order valence-corrected chi connectivity index (χ2v) is 16.6. The van der Waals surface area contributed by atoms with Gasteiger partial charge in [0.25, 0.3) is 0 Å². The number of para-hydroxylation sites is 2. The summed E-state index contributed by atoms with van der Waals surface area (Å²) in [4.78, 5) is 0. The molecule has 0 saturated heterocycles. The zero-order chi connectivity index (χ0) is 41.7. The van der Waals surface area contributed by atoms with E-state index in [4.69, 9.17) is 0 Å². The van der Waals surface area contributed by atoms with Gasteiger partial charge in [0.1, 0.15) is 0 Å². The summed E-state index contributed by atoms with van der Waals surface area (Å²) in [5.41, 5.74) is 12.2. The first-order chi connectivity index (χ1) is 30.5. The number of rotatable bonds is 5. The van der Waals surface area contributed by atoms with Gasteiger partial charge in [-0.1, -0.05) is 181 Å². The van der Waals surface area contributed by atoms with E-state index in [1.54, 1.807) is 6.07 Å². The summed E-state index contributed by atoms with van der Waals surface area (Å²) in [6.07, 6.45) is 0.